The molecule has 0 bridgehead atoms. The number of pyridine rings is 1. The summed E-state index contributed by atoms with van der Waals surface area (Å²) in [6, 6.07) is 17.2. The minimum absolute atomic E-state index is 0.0799. The largest absolute Gasteiger partial charge is 0.348 e. The summed E-state index contributed by atoms with van der Waals surface area (Å²) in [5, 5.41) is 3.89. The fourth-order valence-electron chi connectivity index (χ4n) is 2.10. The number of nitrogens with zero attached hydrogens (tertiary/aromatic N) is 1. The Morgan fingerprint density at radius 2 is 1.90 bits per heavy atom. The van der Waals surface area contributed by atoms with Gasteiger partial charge in [-0.05, 0) is 42.0 Å². The van der Waals surface area contributed by atoms with Crippen molar-refractivity contribution in [3.63, 3.8) is 0 Å². The molecule has 0 unspecified atom stereocenters. The van der Waals surface area contributed by atoms with Crippen LogP contribution in [-0.2, 0) is 6.54 Å². The molecule has 3 rings (SSSR count). The zero-order valence-electron chi connectivity index (χ0n) is 11.2. The molecule has 0 aliphatic rings. The topological polar surface area (TPSA) is 42.0 Å². The third kappa shape index (κ3) is 3.28. The smallest absolute Gasteiger partial charge is 0.251 e. The SMILES string of the molecule is O=C(NCc1ccc(Br)cc1)c1ccc2ncccc2c1. The number of aromatic nitrogens is 1. The van der Waals surface area contributed by atoms with Crippen molar-refractivity contribution in [3.8, 4) is 0 Å². The molecular weight excluding hydrogens is 328 g/mol. The van der Waals surface area contributed by atoms with Crippen molar-refractivity contribution in [2.24, 2.45) is 0 Å². The summed E-state index contributed by atoms with van der Waals surface area (Å²) in [7, 11) is 0. The number of benzene rings is 2. The average molecular weight is 341 g/mol. The molecule has 1 heterocycles. The van der Waals surface area contributed by atoms with Crippen molar-refractivity contribution in [1.29, 1.82) is 0 Å². The van der Waals surface area contributed by atoms with Crippen LogP contribution in [0.2, 0.25) is 0 Å². The van der Waals surface area contributed by atoms with Gasteiger partial charge in [0.1, 0.15) is 0 Å². The van der Waals surface area contributed by atoms with E-state index >= 15 is 0 Å². The Hall–Kier alpha value is -2.20. The van der Waals surface area contributed by atoms with Crippen LogP contribution in [0.3, 0.4) is 0 Å². The van der Waals surface area contributed by atoms with Gasteiger partial charge in [0.2, 0.25) is 0 Å². The molecular formula is C17H13BrN2O. The van der Waals surface area contributed by atoms with Gasteiger partial charge in [-0.3, -0.25) is 9.78 Å². The molecule has 1 N–H and O–H groups in total. The number of carbonyl (C=O) groups excluding carboxylic acids is 1. The second-order valence-electron chi connectivity index (χ2n) is 4.72. The second-order valence-corrected chi connectivity index (χ2v) is 5.64. The predicted molar refractivity (Wildman–Crippen MR) is 87.1 cm³/mol. The molecule has 0 saturated heterocycles. The van der Waals surface area contributed by atoms with Gasteiger partial charge in [0.25, 0.3) is 5.91 Å². The van der Waals surface area contributed by atoms with Gasteiger partial charge in [-0.1, -0.05) is 34.1 Å². The van der Waals surface area contributed by atoms with Gasteiger partial charge in [-0.2, -0.15) is 0 Å². The van der Waals surface area contributed by atoms with Gasteiger partial charge >= 0.3 is 0 Å². The number of nitrogens with one attached hydrogen (secondary N) is 1. The highest BCUT2D eigenvalue weighted by atomic mass is 79.9. The average Bonchev–Trinajstić information content (AvgIpc) is 2.53. The lowest BCUT2D eigenvalue weighted by Crippen LogP contribution is -2.22. The normalized spacial score (nSPS) is 10.5. The van der Waals surface area contributed by atoms with E-state index in [9.17, 15) is 4.79 Å². The predicted octanol–water partition coefficient (Wildman–Crippen LogP) is 3.93. The van der Waals surface area contributed by atoms with Crippen LogP contribution in [0, 0.1) is 0 Å². The molecule has 3 nitrogen and oxygen atoms in total. The number of carbonyl (C=O) groups is 1. The summed E-state index contributed by atoms with van der Waals surface area (Å²) >= 11 is 3.39. The Bertz CT molecular complexity index is 784. The molecule has 0 spiro atoms. The van der Waals surface area contributed by atoms with Crippen LogP contribution in [0.1, 0.15) is 15.9 Å². The zero-order valence-corrected chi connectivity index (χ0v) is 12.8. The maximum Gasteiger partial charge on any atom is 0.251 e. The lowest BCUT2D eigenvalue weighted by molar-refractivity contribution is 0.0951. The molecule has 3 aromatic rings. The molecule has 4 heteroatoms. The number of hydrogen-bond acceptors (Lipinski definition) is 2. The minimum Gasteiger partial charge on any atom is -0.348 e. The van der Waals surface area contributed by atoms with Crippen molar-refractivity contribution < 1.29 is 4.79 Å². The third-order valence-electron chi connectivity index (χ3n) is 3.23. The fourth-order valence-corrected chi connectivity index (χ4v) is 2.37. The Morgan fingerprint density at radius 1 is 1.10 bits per heavy atom. The molecule has 0 atom stereocenters. The first-order valence-corrected chi connectivity index (χ1v) is 7.39. The van der Waals surface area contributed by atoms with E-state index < -0.39 is 0 Å². The van der Waals surface area contributed by atoms with Crippen LogP contribution in [0.4, 0.5) is 0 Å². The second kappa shape index (κ2) is 6.06. The third-order valence-corrected chi connectivity index (χ3v) is 3.76. The molecule has 21 heavy (non-hydrogen) atoms. The maximum atomic E-state index is 12.2. The summed E-state index contributed by atoms with van der Waals surface area (Å²) in [6.07, 6.45) is 1.75. The molecule has 1 aromatic heterocycles. The maximum absolute atomic E-state index is 12.2. The van der Waals surface area contributed by atoms with E-state index in [1.807, 2.05) is 48.5 Å². The van der Waals surface area contributed by atoms with Crippen LogP contribution >= 0.6 is 15.9 Å². The summed E-state index contributed by atoms with van der Waals surface area (Å²) in [5.74, 6) is -0.0799. The Labute approximate surface area is 131 Å². The zero-order chi connectivity index (χ0) is 14.7. The number of rotatable bonds is 3. The van der Waals surface area contributed by atoms with E-state index in [1.54, 1.807) is 12.3 Å². The highest BCUT2D eigenvalue weighted by Crippen LogP contribution is 2.14. The highest BCUT2D eigenvalue weighted by Gasteiger charge is 2.06. The number of hydrogen-bond donors (Lipinski definition) is 1. The van der Waals surface area contributed by atoms with E-state index in [0.29, 0.717) is 12.1 Å². The first kappa shape index (κ1) is 13.8. The highest BCUT2D eigenvalue weighted by molar-refractivity contribution is 9.10. The van der Waals surface area contributed by atoms with E-state index in [-0.39, 0.29) is 5.91 Å². The van der Waals surface area contributed by atoms with Crippen molar-refractivity contribution in [3.05, 3.63) is 76.4 Å². The molecule has 0 aliphatic carbocycles. The van der Waals surface area contributed by atoms with Crippen molar-refractivity contribution >= 4 is 32.7 Å². The summed E-state index contributed by atoms with van der Waals surface area (Å²) in [6.45, 7) is 0.511. The molecule has 1 amide bonds. The number of fused-ring (bicyclic) bond motifs is 1. The quantitative estimate of drug-likeness (QED) is 0.784. The monoisotopic (exact) mass is 340 g/mol. The molecule has 0 radical (unpaired) electrons. The van der Waals surface area contributed by atoms with E-state index in [2.05, 4.69) is 26.2 Å². The first-order valence-electron chi connectivity index (χ1n) is 6.60. The van der Waals surface area contributed by atoms with Gasteiger partial charge in [-0.15, -0.1) is 0 Å². The summed E-state index contributed by atoms with van der Waals surface area (Å²) in [4.78, 5) is 16.4. The van der Waals surface area contributed by atoms with Crippen LogP contribution in [-0.4, -0.2) is 10.9 Å². The molecule has 2 aromatic carbocycles. The lowest BCUT2D eigenvalue weighted by atomic mass is 10.1. The van der Waals surface area contributed by atoms with Gasteiger partial charge in [0.15, 0.2) is 0 Å². The molecule has 0 fully saturated rings. The van der Waals surface area contributed by atoms with Crippen molar-refractivity contribution in [2.45, 2.75) is 6.54 Å². The molecule has 104 valence electrons. The van der Waals surface area contributed by atoms with Gasteiger partial charge in [0.05, 0.1) is 5.52 Å². The van der Waals surface area contributed by atoms with Crippen molar-refractivity contribution in [1.82, 2.24) is 10.3 Å². The van der Waals surface area contributed by atoms with Gasteiger partial charge < -0.3 is 5.32 Å². The lowest BCUT2D eigenvalue weighted by Gasteiger charge is -2.06. The summed E-state index contributed by atoms with van der Waals surface area (Å²) < 4.78 is 1.03. The first-order chi connectivity index (χ1) is 10.2. The van der Waals surface area contributed by atoms with E-state index in [1.165, 1.54) is 0 Å². The van der Waals surface area contributed by atoms with Crippen LogP contribution in [0.25, 0.3) is 10.9 Å². The number of amides is 1. The van der Waals surface area contributed by atoms with Crippen LogP contribution in [0.15, 0.2) is 65.3 Å². The molecule has 0 aliphatic heterocycles. The van der Waals surface area contributed by atoms with Crippen LogP contribution in [0.5, 0.6) is 0 Å². The van der Waals surface area contributed by atoms with E-state index in [0.717, 1.165) is 20.9 Å². The van der Waals surface area contributed by atoms with Crippen LogP contribution < -0.4 is 5.32 Å². The molecule has 0 saturated carbocycles. The van der Waals surface area contributed by atoms with E-state index in [4.69, 9.17) is 0 Å². The Morgan fingerprint density at radius 3 is 2.71 bits per heavy atom. The van der Waals surface area contributed by atoms with Gasteiger partial charge in [0, 0.05) is 28.2 Å². The standard InChI is InChI=1S/C17H13BrN2O/c18-15-6-3-12(4-7-15)11-20-17(21)14-5-8-16-13(10-14)2-1-9-19-16/h1-10H,11H2,(H,20,21). The Kier molecular flexibility index (Phi) is 3.97. The van der Waals surface area contributed by atoms with Gasteiger partial charge in [-0.25, -0.2) is 0 Å². The summed E-state index contributed by atoms with van der Waals surface area (Å²) in [5.41, 5.74) is 2.60. The number of halogens is 1. The Balaban J connectivity index is 1.73. The minimum atomic E-state index is -0.0799. The van der Waals surface area contributed by atoms with Crippen molar-refractivity contribution in [2.75, 3.05) is 0 Å². The fraction of sp³-hybridized carbons (Fsp3) is 0.0588.